The largest absolute Gasteiger partial charge is 0.326 e. The van der Waals surface area contributed by atoms with E-state index in [9.17, 15) is 9.59 Å². The normalized spacial score (nSPS) is 18.3. The minimum absolute atomic E-state index is 0.194. The van der Waals surface area contributed by atoms with Crippen molar-refractivity contribution in [2.75, 3.05) is 10.6 Å². The number of hydrogen-bond acceptors (Lipinski definition) is 4. The third-order valence-electron chi connectivity index (χ3n) is 5.65. The van der Waals surface area contributed by atoms with Gasteiger partial charge in [0.25, 0.3) is 5.91 Å². The number of anilines is 2. The summed E-state index contributed by atoms with van der Waals surface area (Å²) in [6.45, 7) is 0. The third-order valence-corrected chi connectivity index (χ3v) is 8.16. The van der Waals surface area contributed by atoms with Gasteiger partial charge in [0.2, 0.25) is 5.91 Å². The molecule has 0 radical (unpaired) electrons. The maximum absolute atomic E-state index is 13.0. The molecule has 0 unspecified atom stereocenters. The van der Waals surface area contributed by atoms with Gasteiger partial charge in [-0.1, -0.05) is 34.8 Å². The number of nitrogens with one attached hydrogen (secondary N) is 2. The maximum Gasteiger partial charge on any atom is 0.257 e. The summed E-state index contributed by atoms with van der Waals surface area (Å²) < 4.78 is -0.308. The second kappa shape index (κ2) is 9.43. The molecule has 0 aliphatic heterocycles. The number of alkyl halides is 2. The molecule has 3 aromatic carbocycles. The average molecular weight is 586 g/mol. The van der Waals surface area contributed by atoms with Crippen LogP contribution in [-0.2, 0) is 4.79 Å². The van der Waals surface area contributed by atoms with Gasteiger partial charge >= 0.3 is 0 Å². The quantitative estimate of drug-likeness (QED) is 0.233. The van der Waals surface area contributed by atoms with Crippen molar-refractivity contribution < 1.29 is 9.59 Å². The summed E-state index contributed by atoms with van der Waals surface area (Å²) in [5.41, 5.74) is 4.33. The molecule has 5 rings (SSSR count). The highest BCUT2D eigenvalue weighted by Gasteiger charge is 2.67. The summed E-state index contributed by atoms with van der Waals surface area (Å²) >= 11 is 32.8. The Morgan fingerprint density at radius 2 is 1.57 bits per heavy atom. The topological polar surface area (TPSA) is 71.1 Å². The van der Waals surface area contributed by atoms with Gasteiger partial charge in [-0.3, -0.25) is 9.59 Å². The first-order valence-corrected chi connectivity index (χ1v) is 13.0. The van der Waals surface area contributed by atoms with Crippen LogP contribution in [0.3, 0.4) is 0 Å². The van der Waals surface area contributed by atoms with Crippen molar-refractivity contribution in [2.24, 2.45) is 5.92 Å². The van der Waals surface area contributed by atoms with Crippen LogP contribution in [0.5, 0.6) is 0 Å². The molecule has 35 heavy (non-hydrogen) atoms. The van der Waals surface area contributed by atoms with E-state index in [-0.39, 0.29) is 10.6 Å². The fraction of sp³-hybridized carbons (Fsp3) is 0.125. The first-order valence-electron chi connectivity index (χ1n) is 10.2. The Balaban J connectivity index is 1.33. The highest BCUT2D eigenvalue weighted by atomic mass is 35.5. The van der Waals surface area contributed by atoms with Gasteiger partial charge in [0, 0.05) is 27.3 Å². The Hall–Kier alpha value is -2.06. The number of amides is 2. The summed E-state index contributed by atoms with van der Waals surface area (Å²) in [5, 5.41) is 6.66. The molecule has 2 amide bonds. The SMILES string of the molecule is O=C(Nc1ccc2scnc2c1)c1cc(NC(=O)[C@@H]2[C@@H](c3cc(Cl)cc(Cl)c3)C2(Cl)Cl)ccc1Cl. The zero-order valence-electron chi connectivity index (χ0n) is 17.5. The van der Waals surface area contributed by atoms with Gasteiger partial charge in [-0.15, -0.1) is 34.5 Å². The number of hydrogen-bond donors (Lipinski definition) is 2. The van der Waals surface area contributed by atoms with Crippen molar-refractivity contribution in [1.29, 1.82) is 0 Å². The smallest absolute Gasteiger partial charge is 0.257 e. The molecule has 5 nitrogen and oxygen atoms in total. The molecule has 0 bridgehead atoms. The monoisotopic (exact) mass is 583 g/mol. The van der Waals surface area contributed by atoms with Crippen LogP contribution in [0.1, 0.15) is 21.8 Å². The molecular formula is C24H14Cl5N3O2S. The van der Waals surface area contributed by atoms with E-state index in [1.807, 2.05) is 6.07 Å². The van der Waals surface area contributed by atoms with Gasteiger partial charge < -0.3 is 10.6 Å². The Morgan fingerprint density at radius 3 is 2.31 bits per heavy atom. The molecule has 4 aromatic rings. The molecule has 2 N–H and O–H groups in total. The molecule has 0 spiro atoms. The number of fused-ring (bicyclic) bond motifs is 1. The summed E-state index contributed by atoms with van der Waals surface area (Å²) in [6.07, 6.45) is 0. The van der Waals surface area contributed by atoms with Gasteiger partial charge in [0.15, 0.2) is 0 Å². The number of carbonyl (C=O) groups is 2. The Kier molecular flexibility index (Phi) is 6.64. The Bertz CT molecular complexity index is 1470. The second-order valence-electron chi connectivity index (χ2n) is 8.01. The van der Waals surface area contributed by atoms with Gasteiger partial charge in [0.1, 0.15) is 4.33 Å². The molecule has 1 aliphatic carbocycles. The van der Waals surface area contributed by atoms with Gasteiger partial charge in [-0.25, -0.2) is 4.98 Å². The Morgan fingerprint density at radius 1 is 0.886 bits per heavy atom. The highest BCUT2D eigenvalue weighted by molar-refractivity contribution is 7.16. The van der Waals surface area contributed by atoms with E-state index in [1.165, 1.54) is 23.5 Å². The van der Waals surface area contributed by atoms with Crippen molar-refractivity contribution in [3.63, 3.8) is 0 Å². The molecule has 1 saturated carbocycles. The van der Waals surface area contributed by atoms with Crippen LogP contribution in [0.15, 0.2) is 60.1 Å². The van der Waals surface area contributed by atoms with Gasteiger partial charge in [-0.05, 0) is 60.2 Å². The first-order chi connectivity index (χ1) is 16.6. The zero-order chi connectivity index (χ0) is 24.9. The number of aromatic nitrogens is 1. The summed E-state index contributed by atoms with van der Waals surface area (Å²) in [4.78, 5) is 30.2. The fourth-order valence-corrected chi connectivity index (χ4v) is 6.19. The third kappa shape index (κ3) is 4.96. The molecule has 1 aliphatic rings. The van der Waals surface area contributed by atoms with Crippen LogP contribution >= 0.6 is 69.3 Å². The van der Waals surface area contributed by atoms with E-state index in [0.717, 1.165) is 10.2 Å². The van der Waals surface area contributed by atoms with Crippen LogP contribution in [0.2, 0.25) is 15.1 Å². The number of halogens is 5. The van der Waals surface area contributed by atoms with E-state index in [1.54, 1.807) is 41.9 Å². The molecule has 11 heteroatoms. The Labute approximate surface area is 229 Å². The van der Waals surface area contributed by atoms with Crippen LogP contribution in [0.25, 0.3) is 10.2 Å². The van der Waals surface area contributed by atoms with E-state index >= 15 is 0 Å². The lowest BCUT2D eigenvalue weighted by Gasteiger charge is -2.10. The van der Waals surface area contributed by atoms with E-state index in [4.69, 9.17) is 58.0 Å². The maximum atomic E-state index is 13.0. The van der Waals surface area contributed by atoms with Crippen molar-refractivity contribution in [3.05, 3.63) is 86.3 Å². The first kappa shape index (κ1) is 24.6. The van der Waals surface area contributed by atoms with Gasteiger partial charge in [0.05, 0.1) is 32.2 Å². The molecular weight excluding hydrogens is 572 g/mol. The number of rotatable bonds is 5. The number of nitrogens with zero attached hydrogens (tertiary/aromatic N) is 1. The molecule has 1 aromatic heterocycles. The van der Waals surface area contributed by atoms with Crippen molar-refractivity contribution in [2.45, 2.75) is 10.3 Å². The summed E-state index contributed by atoms with van der Waals surface area (Å²) in [6, 6.07) is 15.0. The van der Waals surface area contributed by atoms with Crippen molar-refractivity contribution in [1.82, 2.24) is 4.98 Å². The second-order valence-corrected chi connectivity index (χ2v) is 11.6. The molecule has 2 atom stereocenters. The lowest BCUT2D eigenvalue weighted by Crippen LogP contribution is -2.18. The molecule has 1 fully saturated rings. The molecule has 1 heterocycles. The number of carbonyl (C=O) groups excluding carboxylic acids is 2. The van der Waals surface area contributed by atoms with Crippen LogP contribution in [0, 0.1) is 5.92 Å². The van der Waals surface area contributed by atoms with Crippen molar-refractivity contribution in [3.8, 4) is 0 Å². The minimum Gasteiger partial charge on any atom is -0.326 e. The lowest BCUT2D eigenvalue weighted by atomic mass is 10.1. The van der Waals surface area contributed by atoms with Gasteiger partial charge in [-0.2, -0.15) is 0 Å². The standard InChI is InChI=1S/C24H14Cl5N3O2S/c25-12-5-11(6-13(26)7-12)20-21(24(20,28)29)23(34)32-14-1-3-17(27)16(8-14)22(33)31-15-2-4-19-18(9-15)30-10-35-19/h1-10,20-21H,(H,31,33)(H,32,34)/t20-,21+/m1/s1. The molecule has 178 valence electrons. The number of benzene rings is 3. The zero-order valence-corrected chi connectivity index (χ0v) is 22.1. The van der Waals surface area contributed by atoms with Crippen LogP contribution in [0.4, 0.5) is 11.4 Å². The highest BCUT2D eigenvalue weighted by Crippen LogP contribution is 2.65. The van der Waals surface area contributed by atoms with Crippen LogP contribution < -0.4 is 10.6 Å². The summed E-state index contributed by atoms with van der Waals surface area (Å²) in [5.74, 6) is -2.06. The van der Waals surface area contributed by atoms with Crippen LogP contribution in [-0.4, -0.2) is 21.1 Å². The van der Waals surface area contributed by atoms with E-state index in [2.05, 4.69) is 15.6 Å². The summed E-state index contributed by atoms with van der Waals surface area (Å²) in [7, 11) is 0. The predicted octanol–water partition coefficient (Wildman–Crippen LogP) is 8.03. The number of thiazole rings is 1. The minimum atomic E-state index is -1.32. The average Bonchev–Trinajstić information content (AvgIpc) is 3.11. The molecule has 0 saturated heterocycles. The lowest BCUT2D eigenvalue weighted by molar-refractivity contribution is -0.117. The van der Waals surface area contributed by atoms with Crippen molar-refractivity contribution >= 4 is 103 Å². The van der Waals surface area contributed by atoms with E-state index in [0.29, 0.717) is 27.0 Å². The fourth-order valence-electron chi connectivity index (χ4n) is 3.95. The predicted molar refractivity (Wildman–Crippen MR) is 145 cm³/mol. The van der Waals surface area contributed by atoms with E-state index < -0.39 is 28.0 Å².